The van der Waals surface area contributed by atoms with E-state index in [0.29, 0.717) is 49.6 Å². The molecule has 1 atom stereocenters. The molecule has 1 heterocycles. The van der Waals surface area contributed by atoms with Crippen LogP contribution in [0.3, 0.4) is 0 Å². The number of amides is 2. The minimum atomic E-state index is -0.105. The highest BCUT2D eigenvalue weighted by molar-refractivity contribution is 5.84. The standard InChI is InChI=1S/C29H36N6O2/c1-21(36)30-16-17-31-25-20-26(35-28(34-25)24-14-6-3-7-15-24)32-18-19-33-29(37)27(23-12-8-9-13-23)22-10-4-2-5-11-22/h2-7,10-11,14-15,20,23,27H,8-9,12-13,16-19H2,1H3,(H,30,36)(H,33,37)(H2,31,32,34,35). The summed E-state index contributed by atoms with van der Waals surface area (Å²) < 4.78 is 0. The minimum Gasteiger partial charge on any atom is -0.368 e. The highest BCUT2D eigenvalue weighted by Gasteiger charge is 2.31. The third kappa shape index (κ3) is 7.77. The van der Waals surface area contributed by atoms with Gasteiger partial charge in [0.05, 0.1) is 5.92 Å². The van der Waals surface area contributed by atoms with Gasteiger partial charge >= 0.3 is 0 Å². The van der Waals surface area contributed by atoms with Crippen molar-refractivity contribution in [3.63, 3.8) is 0 Å². The van der Waals surface area contributed by atoms with Gasteiger partial charge in [0.25, 0.3) is 0 Å². The molecular weight excluding hydrogens is 464 g/mol. The molecule has 8 nitrogen and oxygen atoms in total. The fourth-order valence-corrected chi connectivity index (χ4v) is 4.85. The Hall–Kier alpha value is -3.94. The maximum Gasteiger partial charge on any atom is 0.227 e. The van der Waals surface area contributed by atoms with Crippen molar-refractivity contribution in [2.75, 3.05) is 36.8 Å². The first-order valence-electron chi connectivity index (χ1n) is 13.1. The van der Waals surface area contributed by atoms with Crippen LogP contribution >= 0.6 is 0 Å². The summed E-state index contributed by atoms with van der Waals surface area (Å²) in [6.45, 7) is 3.56. The van der Waals surface area contributed by atoms with E-state index in [2.05, 4.69) is 43.4 Å². The van der Waals surface area contributed by atoms with Gasteiger partial charge in [-0.25, -0.2) is 9.97 Å². The lowest BCUT2D eigenvalue weighted by Crippen LogP contribution is -2.35. The number of benzene rings is 2. The summed E-state index contributed by atoms with van der Waals surface area (Å²) in [6.07, 6.45) is 4.60. The molecule has 2 aromatic carbocycles. The molecule has 0 spiro atoms. The second kappa shape index (κ2) is 13.4. The van der Waals surface area contributed by atoms with E-state index in [1.54, 1.807) is 0 Å². The van der Waals surface area contributed by atoms with Gasteiger partial charge < -0.3 is 21.3 Å². The van der Waals surface area contributed by atoms with Crippen LogP contribution in [0, 0.1) is 5.92 Å². The Morgan fingerprint density at radius 3 is 1.97 bits per heavy atom. The maximum atomic E-state index is 13.2. The zero-order valence-corrected chi connectivity index (χ0v) is 21.4. The molecule has 1 unspecified atom stereocenters. The first-order chi connectivity index (χ1) is 18.1. The third-order valence-corrected chi connectivity index (χ3v) is 6.61. The molecule has 3 aromatic rings. The number of rotatable bonds is 12. The molecule has 1 fully saturated rings. The molecule has 8 heteroatoms. The van der Waals surface area contributed by atoms with Gasteiger partial charge in [-0.3, -0.25) is 9.59 Å². The van der Waals surface area contributed by atoms with Crippen LogP contribution in [0.1, 0.15) is 44.1 Å². The van der Waals surface area contributed by atoms with Gasteiger partial charge in [0.1, 0.15) is 11.6 Å². The zero-order chi connectivity index (χ0) is 25.9. The molecule has 2 amide bonds. The van der Waals surface area contributed by atoms with Gasteiger partial charge in [0, 0.05) is 44.7 Å². The number of hydrogen-bond donors (Lipinski definition) is 4. The molecule has 1 aliphatic rings. The predicted molar refractivity (Wildman–Crippen MR) is 147 cm³/mol. The summed E-state index contributed by atoms with van der Waals surface area (Å²) in [5.41, 5.74) is 2.00. The molecule has 37 heavy (non-hydrogen) atoms. The van der Waals surface area contributed by atoms with Crippen LogP contribution in [-0.2, 0) is 9.59 Å². The van der Waals surface area contributed by atoms with Gasteiger partial charge in [0.15, 0.2) is 5.82 Å². The van der Waals surface area contributed by atoms with Crippen molar-refractivity contribution in [2.24, 2.45) is 5.92 Å². The highest BCUT2D eigenvalue weighted by atomic mass is 16.2. The molecule has 1 aromatic heterocycles. The van der Waals surface area contributed by atoms with E-state index in [1.165, 1.54) is 19.8 Å². The van der Waals surface area contributed by atoms with Crippen molar-refractivity contribution in [3.8, 4) is 11.4 Å². The van der Waals surface area contributed by atoms with E-state index in [0.717, 1.165) is 24.0 Å². The normalized spacial score (nSPS) is 14.1. The molecule has 0 bridgehead atoms. The lowest BCUT2D eigenvalue weighted by Gasteiger charge is -2.23. The number of carbonyl (C=O) groups is 2. The van der Waals surface area contributed by atoms with Gasteiger partial charge in [-0.1, -0.05) is 73.5 Å². The zero-order valence-electron chi connectivity index (χ0n) is 21.4. The number of anilines is 2. The number of aromatic nitrogens is 2. The molecule has 1 saturated carbocycles. The van der Waals surface area contributed by atoms with E-state index < -0.39 is 0 Å². The first-order valence-corrected chi connectivity index (χ1v) is 13.1. The van der Waals surface area contributed by atoms with Crippen molar-refractivity contribution < 1.29 is 9.59 Å². The Labute approximate surface area is 218 Å². The largest absolute Gasteiger partial charge is 0.368 e. The second-order valence-corrected chi connectivity index (χ2v) is 9.39. The molecule has 0 radical (unpaired) electrons. The summed E-state index contributed by atoms with van der Waals surface area (Å²) in [4.78, 5) is 33.7. The van der Waals surface area contributed by atoms with E-state index in [1.807, 2.05) is 54.6 Å². The van der Waals surface area contributed by atoms with Gasteiger partial charge in [0.2, 0.25) is 11.8 Å². The fraction of sp³-hybridized carbons (Fsp3) is 0.379. The fourth-order valence-electron chi connectivity index (χ4n) is 4.85. The van der Waals surface area contributed by atoms with Crippen molar-refractivity contribution in [3.05, 3.63) is 72.3 Å². The van der Waals surface area contributed by atoms with Crippen molar-refractivity contribution in [1.82, 2.24) is 20.6 Å². The first kappa shape index (κ1) is 26.1. The van der Waals surface area contributed by atoms with Crippen LogP contribution in [0.5, 0.6) is 0 Å². The Morgan fingerprint density at radius 2 is 1.38 bits per heavy atom. The quantitative estimate of drug-likeness (QED) is 0.278. The molecule has 4 N–H and O–H groups in total. The molecule has 194 valence electrons. The molecule has 0 aliphatic heterocycles. The van der Waals surface area contributed by atoms with Crippen LogP contribution in [0.15, 0.2) is 66.7 Å². The van der Waals surface area contributed by atoms with Crippen LogP contribution in [0.25, 0.3) is 11.4 Å². The highest BCUT2D eigenvalue weighted by Crippen LogP contribution is 2.37. The lowest BCUT2D eigenvalue weighted by atomic mass is 9.84. The average Bonchev–Trinajstić information content (AvgIpc) is 3.45. The summed E-state index contributed by atoms with van der Waals surface area (Å²) in [7, 11) is 0. The van der Waals surface area contributed by atoms with Crippen LogP contribution in [0.4, 0.5) is 11.6 Å². The SMILES string of the molecule is CC(=O)NCCNc1cc(NCCNC(=O)C(c2ccccc2)C2CCCC2)nc(-c2ccccc2)n1. The number of carbonyl (C=O) groups excluding carboxylic acids is 2. The third-order valence-electron chi connectivity index (χ3n) is 6.61. The number of hydrogen-bond acceptors (Lipinski definition) is 6. The molecule has 4 rings (SSSR count). The Kier molecular flexibility index (Phi) is 9.46. The van der Waals surface area contributed by atoms with E-state index in [-0.39, 0.29) is 17.7 Å². The summed E-state index contributed by atoms with van der Waals surface area (Å²) in [5, 5.41) is 12.5. The average molecular weight is 501 g/mol. The monoisotopic (exact) mass is 500 g/mol. The van der Waals surface area contributed by atoms with Crippen LogP contribution in [0.2, 0.25) is 0 Å². The van der Waals surface area contributed by atoms with Gasteiger partial charge in [-0.2, -0.15) is 0 Å². The van der Waals surface area contributed by atoms with E-state index in [9.17, 15) is 9.59 Å². The summed E-state index contributed by atoms with van der Waals surface area (Å²) >= 11 is 0. The maximum absolute atomic E-state index is 13.2. The molecule has 1 aliphatic carbocycles. The van der Waals surface area contributed by atoms with Crippen LogP contribution < -0.4 is 21.3 Å². The van der Waals surface area contributed by atoms with E-state index in [4.69, 9.17) is 0 Å². The van der Waals surface area contributed by atoms with Crippen molar-refractivity contribution in [2.45, 2.75) is 38.5 Å². The Balaban J connectivity index is 1.37. The number of nitrogens with zero attached hydrogens (tertiary/aromatic N) is 2. The van der Waals surface area contributed by atoms with Crippen LogP contribution in [-0.4, -0.2) is 48.0 Å². The second-order valence-electron chi connectivity index (χ2n) is 9.39. The summed E-state index contributed by atoms with van der Waals surface area (Å²) in [5.74, 6) is 2.25. The topological polar surface area (TPSA) is 108 Å². The predicted octanol–water partition coefficient (Wildman–Crippen LogP) is 4.19. The smallest absolute Gasteiger partial charge is 0.227 e. The summed E-state index contributed by atoms with van der Waals surface area (Å²) in [6, 6.07) is 21.8. The van der Waals surface area contributed by atoms with E-state index >= 15 is 0 Å². The lowest BCUT2D eigenvalue weighted by molar-refractivity contribution is -0.123. The van der Waals surface area contributed by atoms with Gasteiger partial charge in [-0.05, 0) is 24.3 Å². The molecular formula is C29H36N6O2. The minimum absolute atomic E-state index is 0.0682. The number of nitrogens with one attached hydrogen (secondary N) is 4. The van der Waals surface area contributed by atoms with Crippen molar-refractivity contribution >= 4 is 23.5 Å². The Morgan fingerprint density at radius 1 is 0.811 bits per heavy atom. The Bertz CT molecular complexity index is 1150. The molecule has 0 saturated heterocycles. The van der Waals surface area contributed by atoms with Gasteiger partial charge in [-0.15, -0.1) is 0 Å². The van der Waals surface area contributed by atoms with Crippen molar-refractivity contribution in [1.29, 1.82) is 0 Å².